The van der Waals surface area contributed by atoms with Crippen LogP contribution < -0.4 is 10.6 Å². The summed E-state index contributed by atoms with van der Waals surface area (Å²) < 4.78 is 0. The van der Waals surface area contributed by atoms with Crippen molar-refractivity contribution in [2.24, 2.45) is 0 Å². The van der Waals surface area contributed by atoms with E-state index in [4.69, 9.17) is 5.11 Å². The lowest BCUT2D eigenvalue weighted by molar-refractivity contribution is -0.384. The molecule has 0 saturated heterocycles. The van der Waals surface area contributed by atoms with Gasteiger partial charge >= 0.3 is 0 Å². The van der Waals surface area contributed by atoms with Crippen LogP contribution in [0.1, 0.15) is 22.8 Å². The SMILES string of the molecule is Cc1cc([N+](=O)[O-])ccc1C(=O)NCCNCC(C)O. The third-order valence-corrected chi connectivity index (χ3v) is 2.69. The molecule has 0 aromatic heterocycles. The first-order chi connectivity index (χ1) is 9.41. The summed E-state index contributed by atoms with van der Waals surface area (Å²) in [5, 5.41) is 25.3. The van der Waals surface area contributed by atoms with E-state index in [9.17, 15) is 14.9 Å². The first-order valence-electron chi connectivity index (χ1n) is 6.34. The van der Waals surface area contributed by atoms with Crippen molar-refractivity contribution in [1.29, 1.82) is 0 Å². The fourth-order valence-corrected chi connectivity index (χ4v) is 1.69. The van der Waals surface area contributed by atoms with E-state index in [1.807, 2.05) is 0 Å². The van der Waals surface area contributed by atoms with Gasteiger partial charge in [0.2, 0.25) is 0 Å². The van der Waals surface area contributed by atoms with Gasteiger partial charge in [-0.25, -0.2) is 0 Å². The number of rotatable bonds is 7. The van der Waals surface area contributed by atoms with Crippen LogP contribution >= 0.6 is 0 Å². The van der Waals surface area contributed by atoms with Crippen LogP contribution in [0.2, 0.25) is 0 Å². The number of nitrogens with one attached hydrogen (secondary N) is 2. The minimum Gasteiger partial charge on any atom is -0.392 e. The summed E-state index contributed by atoms with van der Waals surface area (Å²) in [6, 6.07) is 4.14. The molecule has 0 radical (unpaired) electrons. The van der Waals surface area contributed by atoms with Crippen LogP contribution in [0.4, 0.5) is 5.69 Å². The van der Waals surface area contributed by atoms with Crippen molar-refractivity contribution < 1.29 is 14.8 Å². The Morgan fingerprint density at radius 2 is 2.15 bits per heavy atom. The van der Waals surface area contributed by atoms with Gasteiger partial charge in [-0.1, -0.05) is 0 Å². The maximum atomic E-state index is 11.9. The maximum Gasteiger partial charge on any atom is 0.269 e. The van der Waals surface area contributed by atoms with Gasteiger partial charge in [-0.05, 0) is 25.5 Å². The molecule has 1 atom stereocenters. The number of aliphatic hydroxyl groups excluding tert-OH is 1. The van der Waals surface area contributed by atoms with Crippen molar-refractivity contribution in [2.45, 2.75) is 20.0 Å². The molecule has 7 heteroatoms. The van der Waals surface area contributed by atoms with Crippen molar-refractivity contribution in [1.82, 2.24) is 10.6 Å². The van der Waals surface area contributed by atoms with E-state index in [0.717, 1.165) is 0 Å². The number of nitro benzene ring substituents is 1. The molecule has 1 unspecified atom stereocenters. The largest absolute Gasteiger partial charge is 0.392 e. The molecule has 1 rings (SSSR count). The number of nitro groups is 1. The first-order valence-corrected chi connectivity index (χ1v) is 6.34. The zero-order chi connectivity index (χ0) is 15.1. The third kappa shape index (κ3) is 4.94. The van der Waals surface area contributed by atoms with Crippen molar-refractivity contribution >= 4 is 11.6 Å². The number of hydrogen-bond acceptors (Lipinski definition) is 5. The van der Waals surface area contributed by atoms with Gasteiger partial charge in [-0.15, -0.1) is 0 Å². The molecule has 0 fully saturated rings. The molecular weight excluding hydrogens is 262 g/mol. The molecule has 3 N–H and O–H groups in total. The molecule has 1 aromatic carbocycles. The zero-order valence-corrected chi connectivity index (χ0v) is 11.5. The molecule has 0 saturated carbocycles. The second kappa shape index (κ2) is 7.56. The van der Waals surface area contributed by atoms with Crippen LogP contribution in [0.3, 0.4) is 0 Å². The van der Waals surface area contributed by atoms with Gasteiger partial charge < -0.3 is 15.7 Å². The minimum atomic E-state index is -0.491. The Morgan fingerprint density at radius 3 is 2.70 bits per heavy atom. The fourth-order valence-electron chi connectivity index (χ4n) is 1.69. The van der Waals surface area contributed by atoms with Crippen LogP contribution in [0, 0.1) is 17.0 Å². The quantitative estimate of drug-likeness (QED) is 0.386. The van der Waals surface area contributed by atoms with E-state index in [1.54, 1.807) is 13.8 Å². The number of nitrogens with zero attached hydrogens (tertiary/aromatic N) is 1. The topological polar surface area (TPSA) is 104 Å². The Kier molecular flexibility index (Phi) is 6.08. The molecule has 1 amide bonds. The molecule has 7 nitrogen and oxygen atoms in total. The number of hydrogen-bond donors (Lipinski definition) is 3. The molecule has 0 aliphatic heterocycles. The average Bonchev–Trinajstić information content (AvgIpc) is 2.37. The van der Waals surface area contributed by atoms with Gasteiger partial charge in [0.15, 0.2) is 0 Å². The van der Waals surface area contributed by atoms with Gasteiger partial charge in [0.1, 0.15) is 0 Å². The van der Waals surface area contributed by atoms with Gasteiger partial charge in [0.05, 0.1) is 11.0 Å². The number of aliphatic hydroxyl groups is 1. The lowest BCUT2D eigenvalue weighted by Crippen LogP contribution is -2.34. The number of non-ortho nitro benzene ring substituents is 1. The highest BCUT2D eigenvalue weighted by Crippen LogP contribution is 2.16. The predicted molar refractivity (Wildman–Crippen MR) is 74.7 cm³/mol. The van der Waals surface area contributed by atoms with E-state index in [2.05, 4.69) is 10.6 Å². The summed E-state index contributed by atoms with van der Waals surface area (Å²) in [4.78, 5) is 22.0. The molecular formula is C13H19N3O4. The second-order valence-corrected chi connectivity index (χ2v) is 4.57. The van der Waals surface area contributed by atoms with Crippen molar-refractivity contribution in [2.75, 3.05) is 19.6 Å². The molecule has 0 spiro atoms. The molecule has 0 bridgehead atoms. The number of carbonyl (C=O) groups excluding carboxylic acids is 1. The third-order valence-electron chi connectivity index (χ3n) is 2.69. The number of benzene rings is 1. The highest BCUT2D eigenvalue weighted by atomic mass is 16.6. The van der Waals surface area contributed by atoms with Crippen LogP contribution in [0.5, 0.6) is 0 Å². The van der Waals surface area contributed by atoms with Crippen LogP contribution in [-0.2, 0) is 0 Å². The molecule has 0 heterocycles. The van der Waals surface area contributed by atoms with Crippen LogP contribution in [-0.4, -0.2) is 41.7 Å². The number of aryl methyl sites for hydroxylation is 1. The predicted octanol–water partition coefficient (Wildman–Crippen LogP) is 0.603. The Bertz CT molecular complexity index is 489. The van der Waals surface area contributed by atoms with Crippen molar-refractivity contribution in [3.63, 3.8) is 0 Å². The standard InChI is InChI=1S/C13H19N3O4/c1-9-7-11(16(19)20)3-4-12(9)13(18)15-6-5-14-8-10(2)17/h3-4,7,10,14,17H,5-6,8H2,1-2H3,(H,15,18). The van der Waals surface area contributed by atoms with E-state index in [0.29, 0.717) is 30.8 Å². The highest BCUT2D eigenvalue weighted by Gasteiger charge is 2.12. The van der Waals surface area contributed by atoms with E-state index in [-0.39, 0.29) is 11.6 Å². The minimum absolute atomic E-state index is 0.0300. The fraction of sp³-hybridized carbons (Fsp3) is 0.462. The summed E-state index contributed by atoms with van der Waals surface area (Å²) in [5.74, 6) is -0.267. The molecule has 20 heavy (non-hydrogen) atoms. The summed E-state index contributed by atoms with van der Waals surface area (Å²) in [7, 11) is 0. The number of amides is 1. The molecule has 0 aliphatic carbocycles. The van der Waals surface area contributed by atoms with Gasteiger partial charge in [0.25, 0.3) is 11.6 Å². The number of carbonyl (C=O) groups is 1. The van der Waals surface area contributed by atoms with Crippen molar-refractivity contribution in [3.8, 4) is 0 Å². The average molecular weight is 281 g/mol. The van der Waals surface area contributed by atoms with Crippen molar-refractivity contribution in [3.05, 3.63) is 39.4 Å². The van der Waals surface area contributed by atoms with E-state index in [1.165, 1.54) is 18.2 Å². The Balaban J connectivity index is 2.49. The van der Waals surface area contributed by atoms with Gasteiger partial charge in [-0.3, -0.25) is 14.9 Å². The van der Waals surface area contributed by atoms with Gasteiger partial charge in [0, 0.05) is 37.3 Å². The smallest absolute Gasteiger partial charge is 0.269 e. The maximum absolute atomic E-state index is 11.9. The molecule has 1 aromatic rings. The summed E-state index contributed by atoms with van der Waals surface area (Å²) in [6.07, 6.45) is -0.428. The Morgan fingerprint density at radius 1 is 1.45 bits per heavy atom. The molecule has 110 valence electrons. The zero-order valence-electron chi connectivity index (χ0n) is 11.5. The Labute approximate surface area is 117 Å². The van der Waals surface area contributed by atoms with E-state index >= 15 is 0 Å². The summed E-state index contributed by atoms with van der Waals surface area (Å²) in [5.41, 5.74) is 0.956. The first kappa shape index (κ1) is 16.1. The highest BCUT2D eigenvalue weighted by molar-refractivity contribution is 5.95. The Hall–Kier alpha value is -1.99. The van der Waals surface area contributed by atoms with Gasteiger partial charge in [-0.2, -0.15) is 0 Å². The molecule has 0 aliphatic rings. The normalized spacial score (nSPS) is 11.9. The second-order valence-electron chi connectivity index (χ2n) is 4.57. The van der Waals surface area contributed by atoms with Crippen LogP contribution in [0.25, 0.3) is 0 Å². The lowest BCUT2D eigenvalue weighted by atomic mass is 10.1. The van der Waals surface area contributed by atoms with Crippen LogP contribution in [0.15, 0.2) is 18.2 Å². The lowest BCUT2D eigenvalue weighted by Gasteiger charge is -2.09. The monoisotopic (exact) mass is 281 g/mol. The van der Waals surface area contributed by atoms with E-state index < -0.39 is 11.0 Å². The summed E-state index contributed by atoms with van der Waals surface area (Å²) >= 11 is 0. The summed E-state index contributed by atoms with van der Waals surface area (Å²) in [6.45, 7) is 4.76.